The van der Waals surface area contributed by atoms with Crippen LogP contribution in [0.4, 0.5) is 5.69 Å². The average molecular weight is 512 g/mol. The first-order valence-electron chi connectivity index (χ1n) is 14.6. The molecule has 0 aromatic heterocycles. The molecule has 0 radical (unpaired) electrons. The Kier molecular flexibility index (Phi) is 9.23. The monoisotopic (exact) mass is 511 g/mol. The minimum Gasteiger partial charge on any atom is -0.381 e. The Morgan fingerprint density at radius 3 is 1.74 bits per heavy atom. The van der Waals surface area contributed by atoms with Gasteiger partial charge in [-0.2, -0.15) is 0 Å². The van der Waals surface area contributed by atoms with E-state index in [4.69, 9.17) is 0 Å². The van der Waals surface area contributed by atoms with Crippen molar-refractivity contribution in [3.8, 4) is 0 Å². The SMILES string of the molecule is Cc1c(C(C)(C)C)cc(CNc2ccc(Cc3cccc(CC(C)CC(C)(C)C)c3)cc2)cc1C(C)(C)C. The van der Waals surface area contributed by atoms with Gasteiger partial charge in [0.25, 0.3) is 0 Å². The lowest BCUT2D eigenvalue weighted by atomic mass is 9.76. The van der Waals surface area contributed by atoms with Crippen molar-refractivity contribution in [2.45, 2.75) is 113 Å². The number of hydrogen-bond donors (Lipinski definition) is 1. The van der Waals surface area contributed by atoms with Crippen molar-refractivity contribution in [1.29, 1.82) is 0 Å². The van der Waals surface area contributed by atoms with E-state index in [0.29, 0.717) is 11.3 Å². The minimum atomic E-state index is 0.129. The van der Waals surface area contributed by atoms with E-state index in [1.165, 1.54) is 51.1 Å². The Morgan fingerprint density at radius 2 is 1.21 bits per heavy atom. The summed E-state index contributed by atoms with van der Waals surface area (Å²) in [6.45, 7) is 26.4. The summed E-state index contributed by atoms with van der Waals surface area (Å²) < 4.78 is 0. The van der Waals surface area contributed by atoms with E-state index >= 15 is 0 Å². The van der Waals surface area contributed by atoms with Crippen LogP contribution in [0.5, 0.6) is 0 Å². The maximum atomic E-state index is 3.68. The number of hydrogen-bond acceptors (Lipinski definition) is 1. The fourth-order valence-electron chi connectivity index (χ4n) is 6.00. The highest BCUT2D eigenvalue weighted by atomic mass is 14.9. The highest BCUT2D eigenvalue weighted by Crippen LogP contribution is 2.35. The van der Waals surface area contributed by atoms with Gasteiger partial charge in [0.15, 0.2) is 0 Å². The molecule has 0 aliphatic rings. The first-order valence-corrected chi connectivity index (χ1v) is 14.6. The van der Waals surface area contributed by atoms with Crippen molar-refractivity contribution in [2.24, 2.45) is 11.3 Å². The third kappa shape index (κ3) is 8.75. The van der Waals surface area contributed by atoms with Crippen molar-refractivity contribution < 1.29 is 0 Å². The van der Waals surface area contributed by atoms with Gasteiger partial charge in [0, 0.05) is 12.2 Å². The summed E-state index contributed by atoms with van der Waals surface area (Å²) in [6, 6.07) is 23.0. The van der Waals surface area contributed by atoms with Gasteiger partial charge < -0.3 is 5.32 Å². The molecule has 0 heterocycles. The quantitative estimate of drug-likeness (QED) is 0.317. The molecule has 1 atom stereocenters. The molecule has 1 nitrogen and oxygen atoms in total. The lowest BCUT2D eigenvalue weighted by molar-refractivity contribution is 0.306. The van der Waals surface area contributed by atoms with Crippen LogP contribution in [0.3, 0.4) is 0 Å². The number of rotatable bonds is 8. The van der Waals surface area contributed by atoms with Gasteiger partial charge >= 0.3 is 0 Å². The molecule has 0 bridgehead atoms. The van der Waals surface area contributed by atoms with E-state index in [1.807, 2.05) is 0 Å². The van der Waals surface area contributed by atoms with Crippen LogP contribution < -0.4 is 5.32 Å². The second-order valence-corrected chi connectivity index (χ2v) is 14.9. The van der Waals surface area contributed by atoms with E-state index in [2.05, 4.69) is 142 Å². The fourth-order valence-corrected chi connectivity index (χ4v) is 6.00. The highest BCUT2D eigenvalue weighted by Gasteiger charge is 2.24. The molecule has 0 aliphatic heterocycles. The summed E-state index contributed by atoms with van der Waals surface area (Å²) >= 11 is 0. The average Bonchev–Trinajstić information content (AvgIpc) is 2.76. The van der Waals surface area contributed by atoms with E-state index in [1.54, 1.807) is 0 Å². The first-order chi connectivity index (χ1) is 17.5. The van der Waals surface area contributed by atoms with Crippen LogP contribution in [0, 0.1) is 18.3 Å². The molecule has 0 saturated carbocycles. The van der Waals surface area contributed by atoms with Gasteiger partial charge in [-0.25, -0.2) is 0 Å². The maximum Gasteiger partial charge on any atom is 0.0400 e. The number of nitrogens with one attached hydrogen (secondary N) is 1. The molecule has 1 heteroatoms. The molecule has 0 fully saturated rings. The van der Waals surface area contributed by atoms with Crippen molar-refractivity contribution in [1.82, 2.24) is 0 Å². The zero-order valence-corrected chi connectivity index (χ0v) is 26.2. The lowest BCUT2D eigenvalue weighted by Crippen LogP contribution is -2.20. The smallest absolute Gasteiger partial charge is 0.0400 e. The maximum absolute atomic E-state index is 3.68. The molecule has 3 rings (SSSR count). The molecule has 3 aromatic rings. The van der Waals surface area contributed by atoms with Crippen LogP contribution in [-0.2, 0) is 30.2 Å². The Labute approximate surface area is 234 Å². The molecule has 1 unspecified atom stereocenters. The predicted molar refractivity (Wildman–Crippen MR) is 169 cm³/mol. The molecule has 206 valence electrons. The molecule has 0 spiro atoms. The molecule has 0 saturated heterocycles. The van der Waals surface area contributed by atoms with Crippen LogP contribution in [0.2, 0.25) is 0 Å². The van der Waals surface area contributed by atoms with Gasteiger partial charge in [0.2, 0.25) is 0 Å². The number of anilines is 1. The molecule has 1 N–H and O–H groups in total. The molecule has 38 heavy (non-hydrogen) atoms. The normalized spacial score (nSPS) is 13.4. The Bertz CT molecular complexity index is 1160. The van der Waals surface area contributed by atoms with Gasteiger partial charge in [-0.15, -0.1) is 0 Å². The first kappa shape index (κ1) is 30.0. The van der Waals surface area contributed by atoms with Crippen LogP contribution in [0.25, 0.3) is 0 Å². The van der Waals surface area contributed by atoms with Crippen molar-refractivity contribution in [2.75, 3.05) is 5.32 Å². The van der Waals surface area contributed by atoms with Crippen LogP contribution >= 0.6 is 0 Å². The van der Waals surface area contributed by atoms with Crippen molar-refractivity contribution in [3.05, 3.63) is 99.6 Å². The topological polar surface area (TPSA) is 12.0 Å². The molecule has 3 aromatic carbocycles. The van der Waals surface area contributed by atoms with Crippen molar-refractivity contribution >= 4 is 5.69 Å². The molecule has 0 amide bonds. The molecule has 0 aliphatic carbocycles. The number of benzene rings is 3. The summed E-state index contributed by atoms with van der Waals surface area (Å²) in [5.41, 5.74) is 11.7. The van der Waals surface area contributed by atoms with E-state index < -0.39 is 0 Å². The minimum absolute atomic E-state index is 0.129. The van der Waals surface area contributed by atoms with Gasteiger partial charge in [0.05, 0.1) is 0 Å². The zero-order chi connectivity index (χ0) is 28.3. The third-order valence-corrected chi connectivity index (χ3v) is 7.48. The predicted octanol–water partition coefficient (Wildman–Crippen LogP) is 10.4. The van der Waals surface area contributed by atoms with E-state index in [9.17, 15) is 0 Å². The molecular formula is C37H53N. The van der Waals surface area contributed by atoms with E-state index in [0.717, 1.165) is 19.4 Å². The van der Waals surface area contributed by atoms with E-state index in [-0.39, 0.29) is 10.8 Å². The van der Waals surface area contributed by atoms with Crippen LogP contribution in [0.15, 0.2) is 60.7 Å². The van der Waals surface area contributed by atoms with Crippen molar-refractivity contribution in [3.63, 3.8) is 0 Å². The van der Waals surface area contributed by atoms with Crippen LogP contribution in [0.1, 0.15) is 115 Å². The largest absolute Gasteiger partial charge is 0.381 e. The summed E-state index contributed by atoms with van der Waals surface area (Å²) in [5, 5.41) is 3.68. The zero-order valence-electron chi connectivity index (χ0n) is 26.2. The second-order valence-electron chi connectivity index (χ2n) is 14.9. The van der Waals surface area contributed by atoms with Gasteiger partial charge in [-0.1, -0.05) is 118 Å². The fraction of sp³-hybridized carbons (Fsp3) is 0.514. The summed E-state index contributed by atoms with van der Waals surface area (Å²) in [6.07, 6.45) is 3.38. The summed E-state index contributed by atoms with van der Waals surface area (Å²) in [7, 11) is 0. The Hall–Kier alpha value is -2.54. The standard InChI is InChI=1S/C37H53N/c1-26(24-35(3,4)5)19-29-13-12-14-30(21-29)20-28-15-17-32(18-16-28)38-25-31-22-33(36(6,7)8)27(2)34(23-31)37(9,10)11/h12-18,21-23,26,38H,19-20,24-25H2,1-11H3. The van der Waals surface area contributed by atoms with Gasteiger partial charge in [0.1, 0.15) is 0 Å². The van der Waals surface area contributed by atoms with Crippen LogP contribution in [-0.4, -0.2) is 0 Å². The highest BCUT2D eigenvalue weighted by molar-refractivity contribution is 5.49. The third-order valence-electron chi connectivity index (χ3n) is 7.48. The van der Waals surface area contributed by atoms with Gasteiger partial charge in [-0.3, -0.25) is 0 Å². The summed E-state index contributed by atoms with van der Waals surface area (Å²) in [5.74, 6) is 0.697. The second kappa shape index (κ2) is 11.7. The Morgan fingerprint density at radius 1 is 0.658 bits per heavy atom. The summed E-state index contributed by atoms with van der Waals surface area (Å²) in [4.78, 5) is 0. The lowest BCUT2D eigenvalue weighted by Gasteiger charge is -2.30. The molecular weight excluding hydrogens is 458 g/mol. The van der Waals surface area contributed by atoms with Gasteiger partial charge in [-0.05, 0) is 99.4 Å². The Balaban J connectivity index is 1.67.